The van der Waals surface area contributed by atoms with Crippen LogP contribution in [0.4, 0.5) is 5.69 Å². The van der Waals surface area contributed by atoms with Crippen LogP contribution >= 0.6 is 0 Å². The Hall–Kier alpha value is -2.57. The van der Waals surface area contributed by atoms with Crippen LogP contribution in [-0.2, 0) is 19.1 Å². The van der Waals surface area contributed by atoms with Crippen LogP contribution in [0.25, 0.3) is 0 Å². The van der Waals surface area contributed by atoms with Crippen molar-refractivity contribution in [3.63, 3.8) is 0 Å². The molecular formula is C20H26N2O5. The van der Waals surface area contributed by atoms with Gasteiger partial charge in [0.05, 0.1) is 18.2 Å². The Labute approximate surface area is 159 Å². The van der Waals surface area contributed by atoms with Gasteiger partial charge in [-0.25, -0.2) is 0 Å². The summed E-state index contributed by atoms with van der Waals surface area (Å²) < 4.78 is 10.5. The van der Waals surface area contributed by atoms with Gasteiger partial charge in [0.25, 0.3) is 5.91 Å². The quantitative estimate of drug-likeness (QED) is 0.736. The molecule has 1 aromatic carbocycles. The fourth-order valence-electron chi connectivity index (χ4n) is 3.55. The third-order valence-electron chi connectivity index (χ3n) is 5.07. The van der Waals surface area contributed by atoms with E-state index in [1.165, 1.54) is 0 Å². The summed E-state index contributed by atoms with van der Waals surface area (Å²) in [5, 5.41) is 0. The fourth-order valence-corrected chi connectivity index (χ4v) is 3.55. The first kappa shape index (κ1) is 19.2. The minimum Gasteiger partial charge on any atom is -0.482 e. The smallest absolute Gasteiger partial charge is 0.309 e. The number of nitrogens with zero attached hydrogens (tertiary/aromatic N) is 2. The van der Waals surface area contributed by atoms with Gasteiger partial charge in [0.1, 0.15) is 5.75 Å². The molecule has 0 atom stereocenters. The highest BCUT2D eigenvalue weighted by Crippen LogP contribution is 2.33. The van der Waals surface area contributed by atoms with Crippen molar-refractivity contribution in [3.8, 4) is 5.75 Å². The predicted octanol–water partition coefficient (Wildman–Crippen LogP) is 1.91. The van der Waals surface area contributed by atoms with Gasteiger partial charge in [0.15, 0.2) is 6.61 Å². The predicted molar refractivity (Wildman–Crippen MR) is 99.6 cm³/mol. The molecule has 3 rings (SSSR count). The van der Waals surface area contributed by atoms with E-state index >= 15 is 0 Å². The normalized spacial score (nSPS) is 17.3. The first-order valence-electron chi connectivity index (χ1n) is 9.47. The average Bonchev–Trinajstić information content (AvgIpc) is 2.67. The lowest BCUT2D eigenvalue weighted by Gasteiger charge is -2.33. The molecule has 146 valence electrons. The highest BCUT2D eigenvalue weighted by atomic mass is 16.5. The van der Waals surface area contributed by atoms with E-state index in [1.807, 2.05) is 25.1 Å². The number of ether oxygens (including phenoxy) is 2. The second-order valence-corrected chi connectivity index (χ2v) is 6.96. The fraction of sp³-hybridized carbons (Fsp3) is 0.550. The van der Waals surface area contributed by atoms with Crippen LogP contribution in [0.5, 0.6) is 5.75 Å². The van der Waals surface area contributed by atoms with E-state index in [4.69, 9.17) is 9.47 Å². The number of piperidine rings is 1. The van der Waals surface area contributed by atoms with E-state index in [0.717, 1.165) is 11.3 Å². The summed E-state index contributed by atoms with van der Waals surface area (Å²) in [5.41, 5.74) is 1.75. The minimum atomic E-state index is -0.171. The molecule has 27 heavy (non-hydrogen) atoms. The topological polar surface area (TPSA) is 76.2 Å². The Balaban J connectivity index is 1.55. The maximum absolute atomic E-state index is 12.6. The number of esters is 1. The van der Waals surface area contributed by atoms with E-state index in [2.05, 4.69) is 0 Å². The van der Waals surface area contributed by atoms with Gasteiger partial charge in [-0.1, -0.05) is 6.07 Å². The molecule has 2 amide bonds. The Morgan fingerprint density at radius 3 is 2.70 bits per heavy atom. The van der Waals surface area contributed by atoms with Crippen molar-refractivity contribution in [3.05, 3.63) is 23.8 Å². The molecule has 0 spiro atoms. The first-order chi connectivity index (χ1) is 13.0. The summed E-state index contributed by atoms with van der Waals surface area (Å²) in [6.45, 7) is 5.56. The van der Waals surface area contributed by atoms with Gasteiger partial charge in [0.2, 0.25) is 5.91 Å². The van der Waals surface area contributed by atoms with Crippen LogP contribution < -0.4 is 9.64 Å². The summed E-state index contributed by atoms with van der Waals surface area (Å²) in [4.78, 5) is 40.0. The summed E-state index contributed by atoms with van der Waals surface area (Å²) in [6.07, 6.45) is 1.51. The van der Waals surface area contributed by atoms with Gasteiger partial charge in [-0.3, -0.25) is 14.4 Å². The number of carbonyl (C=O) groups excluding carboxylic acids is 3. The molecule has 1 saturated heterocycles. The van der Waals surface area contributed by atoms with Crippen LogP contribution in [0.2, 0.25) is 0 Å². The van der Waals surface area contributed by atoms with Gasteiger partial charge >= 0.3 is 5.97 Å². The maximum atomic E-state index is 12.6. The summed E-state index contributed by atoms with van der Waals surface area (Å²) in [6, 6.07) is 5.69. The van der Waals surface area contributed by atoms with Gasteiger partial charge in [-0.05, 0) is 44.4 Å². The number of hydrogen-bond acceptors (Lipinski definition) is 5. The monoisotopic (exact) mass is 374 g/mol. The lowest BCUT2D eigenvalue weighted by atomic mass is 9.97. The van der Waals surface area contributed by atoms with Crippen molar-refractivity contribution in [2.45, 2.75) is 33.1 Å². The number of anilines is 1. The number of amides is 2. The number of benzene rings is 1. The van der Waals surface area contributed by atoms with Gasteiger partial charge in [0, 0.05) is 26.1 Å². The molecule has 2 aliphatic heterocycles. The van der Waals surface area contributed by atoms with E-state index in [0.29, 0.717) is 44.8 Å². The second kappa shape index (κ2) is 8.41. The van der Waals surface area contributed by atoms with Gasteiger partial charge in [-0.15, -0.1) is 0 Å². The molecule has 0 bridgehead atoms. The Bertz CT molecular complexity index is 725. The van der Waals surface area contributed by atoms with Crippen molar-refractivity contribution < 1.29 is 23.9 Å². The van der Waals surface area contributed by atoms with Crippen molar-refractivity contribution in [1.82, 2.24) is 4.90 Å². The number of likely N-dealkylation sites (tertiary alicyclic amines) is 1. The number of fused-ring (bicyclic) bond motifs is 1. The molecule has 0 aliphatic carbocycles. The molecule has 0 unspecified atom stereocenters. The van der Waals surface area contributed by atoms with Crippen LogP contribution in [0.15, 0.2) is 18.2 Å². The average molecular weight is 374 g/mol. The zero-order valence-electron chi connectivity index (χ0n) is 15.9. The molecule has 0 aromatic heterocycles. The number of rotatable bonds is 5. The Morgan fingerprint density at radius 2 is 2.00 bits per heavy atom. The third kappa shape index (κ3) is 4.40. The largest absolute Gasteiger partial charge is 0.482 e. The van der Waals surface area contributed by atoms with Crippen LogP contribution in [0.1, 0.15) is 31.7 Å². The van der Waals surface area contributed by atoms with Crippen LogP contribution in [0.3, 0.4) is 0 Å². The molecule has 0 N–H and O–H groups in total. The zero-order chi connectivity index (χ0) is 19.4. The molecule has 0 saturated carbocycles. The van der Waals surface area contributed by atoms with Crippen LogP contribution in [0, 0.1) is 12.8 Å². The highest BCUT2D eigenvalue weighted by Gasteiger charge is 2.30. The molecular weight excluding hydrogens is 348 g/mol. The Kier molecular flexibility index (Phi) is 5.98. The van der Waals surface area contributed by atoms with Crippen molar-refractivity contribution >= 4 is 23.5 Å². The maximum Gasteiger partial charge on any atom is 0.309 e. The van der Waals surface area contributed by atoms with Gasteiger partial charge in [-0.2, -0.15) is 0 Å². The lowest BCUT2D eigenvalue weighted by Crippen LogP contribution is -2.44. The van der Waals surface area contributed by atoms with E-state index in [-0.39, 0.29) is 36.7 Å². The Morgan fingerprint density at radius 1 is 1.26 bits per heavy atom. The second-order valence-electron chi connectivity index (χ2n) is 6.96. The van der Waals surface area contributed by atoms with Crippen LogP contribution in [-0.4, -0.2) is 55.5 Å². The number of hydrogen-bond donors (Lipinski definition) is 0. The molecule has 2 heterocycles. The molecule has 1 aromatic rings. The highest BCUT2D eigenvalue weighted by molar-refractivity contribution is 5.98. The molecule has 2 aliphatic rings. The van der Waals surface area contributed by atoms with Crippen molar-refractivity contribution in [2.24, 2.45) is 5.92 Å². The first-order valence-corrected chi connectivity index (χ1v) is 9.47. The molecule has 7 heteroatoms. The summed E-state index contributed by atoms with van der Waals surface area (Å²) >= 11 is 0. The van der Waals surface area contributed by atoms with Crippen molar-refractivity contribution in [1.29, 1.82) is 0 Å². The molecule has 7 nitrogen and oxygen atoms in total. The van der Waals surface area contributed by atoms with E-state index < -0.39 is 0 Å². The standard InChI is InChI=1S/C20H26N2O5/c1-3-26-20(25)15-6-9-21(10-7-15)18(23)8-11-22-16-12-14(2)4-5-17(16)27-13-19(22)24/h4-5,12,15H,3,6-11,13H2,1-2H3. The summed E-state index contributed by atoms with van der Waals surface area (Å²) in [7, 11) is 0. The zero-order valence-corrected chi connectivity index (χ0v) is 15.9. The minimum absolute atomic E-state index is 0.00478. The van der Waals surface area contributed by atoms with E-state index in [9.17, 15) is 14.4 Å². The molecule has 1 fully saturated rings. The van der Waals surface area contributed by atoms with Crippen molar-refractivity contribution in [2.75, 3.05) is 37.7 Å². The van der Waals surface area contributed by atoms with Gasteiger partial charge < -0.3 is 19.3 Å². The lowest BCUT2D eigenvalue weighted by molar-refractivity contribution is -0.151. The number of aryl methyl sites for hydroxylation is 1. The SMILES string of the molecule is CCOC(=O)C1CCN(C(=O)CCN2C(=O)COc3ccc(C)cc32)CC1. The number of carbonyl (C=O) groups is 3. The molecule has 0 radical (unpaired) electrons. The van der Waals surface area contributed by atoms with E-state index in [1.54, 1.807) is 16.7 Å². The summed E-state index contributed by atoms with van der Waals surface area (Å²) in [5.74, 6) is 0.246. The third-order valence-corrected chi connectivity index (χ3v) is 5.07.